The number of methoxy groups -OCH3 is 1. The van der Waals surface area contributed by atoms with Gasteiger partial charge in [-0.05, 0) is 30.5 Å². The molecule has 0 saturated heterocycles. The van der Waals surface area contributed by atoms with Crippen LogP contribution in [0.3, 0.4) is 0 Å². The average Bonchev–Trinajstić information content (AvgIpc) is 2.41. The van der Waals surface area contributed by atoms with Crippen LogP contribution in [0.25, 0.3) is 0 Å². The van der Waals surface area contributed by atoms with Crippen LogP contribution in [0.2, 0.25) is 5.02 Å². The van der Waals surface area contributed by atoms with E-state index in [2.05, 4.69) is 17.2 Å². The molecule has 0 radical (unpaired) electrons. The minimum Gasteiger partial charge on any atom is -0.497 e. The quantitative estimate of drug-likeness (QED) is 0.313. The molecule has 0 aliphatic carbocycles. The van der Waals surface area contributed by atoms with Crippen molar-refractivity contribution in [2.45, 2.75) is 26.2 Å². The van der Waals surface area contributed by atoms with Crippen molar-refractivity contribution in [2.75, 3.05) is 20.2 Å². The number of guanidine groups is 1. The van der Waals surface area contributed by atoms with Gasteiger partial charge < -0.3 is 15.8 Å². The number of aliphatic imine (C=N–C) groups is 1. The first-order chi connectivity index (χ1) is 9.17. The summed E-state index contributed by atoms with van der Waals surface area (Å²) < 4.78 is 5.11. The Labute approximate surface area is 143 Å². The van der Waals surface area contributed by atoms with Crippen molar-refractivity contribution < 1.29 is 4.74 Å². The second-order valence-electron chi connectivity index (χ2n) is 4.25. The molecule has 0 aliphatic rings. The van der Waals surface area contributed by atoms with Crippen LogP contribution < -0.4 is 15.8 Å². The highest BCUT2D eigenvalue weighted by Crippen LogP contribution is 2.22. The maximum absolute atomic E-state index is 6.16. The third-order valence-corrected chi connectivity index (χ3v) is 3.11. The van der Waals surface area contributed by atoms with E-state index < -0.39 is 0 Å². The van der Waals surface area contributed by atoms with Gasteiger partial charge in [0.1, 0.15) is 5.75 Å². The van der Waals surface area contributed by atoms with Gasteiger partial charge in [0.2, 0.25) is 0 Å². The van der Waals surface area contributed by atoms with E-state index >= 15 is 0 Å². The van der Waals surface area contributed by atoms with Crippen molar-refractivity contribution in [3.63, 3.8) is 0 Å². The number of rotatable bonds is 7. The molecule has 0 spiro atoms. The number of hydrogen-bond donors (Lipinski definition) is 2. The molecule has 0 fully saturated rings. The largest absolute Gasteiger partial charge is 0.497 e. The molecule has 0 atom stereocenters. The minimum atomic E-state index is 0. The second kappa shape index (κ2) is 11.0. The molecule has 0 aliphatic heterocycles. The molecule has 1 aromatic rings. The van der Waals surface area contributed by atoms with Crippen molar-refractivity contribution in [1.82, 2.24) is 5.32 Å². The summed E-state index contributed by atoms with van der Waals surface area (Å²) in [7, 11) is 1.63. The zero-order valence-electron chi connectivity index (χ0n) is 12.0. The number of halogens is 2. The number of nitrogens with zero attached hydrogens (tertiary/aromatic N) is 1. The molecule has 20 heavy (non-hydrogen) atoms. The van der Waals surface area contributed by atoms with Crippen molar-refractivity contribution in [3.8, 4) is 5.75 Å². The van der Waals surface area contributed by atoms with Crippen LogP contribution in [0.1, 0.15) is 25.3 Å². The summed E-state index contributed by atoms with van der Waals surface area (Å²) in [6.45, 7) is 3.62. The third kappa shape index (κ3) is 7.19. The molecule has 0 unspecified atom stereocenters. The molecule has 1 aromatic carbocycles. The third-order valence-electron chi connectivity index (χ3n) is 2.75. The van der Waals surface area contributed by atoms with Crippen molar-refractivity contribution in [1.29, 1.82) is 0 Å². The predicted octanol–water partition coefficient (Wildman–Crippen LogP) is 3.21. The number of benzene rings is 1. The highest BCUT2D eigenvalue weighted by Gasteiger charge is 2.02. The lowest BCUT2D eigenvalue weighted by molar-refractivity contribution is 0.414. The van der Waals surface area contributed by atoms with Crippen LogP contribution in [0.15, 0.2) is 23.2 Å². The van der Waals surface area contributed by atoms with Gasteiger partial charge in [-0.2, -0.15) is 0 Å². The van der Waals surface area contributed by atoms with E-state index in [4.69, 9.17) is 22.1 Å². The molecule has 3 N–H and O–H groups in total. The lowest BCUT2D eigenvalue weighted by Gasteiger charge is -2.08. The summed E-state index contributed by atoms with van der Waals surface area (Å²) in [6, 6.07) is 5.68. The van der Waals surface area contributed by atoms with E-state index in [0.717, 1.165) is 37.1 Å². The molecule has 0 aromatic heterocycles. The molecule has 0 bridgehead atoms. The van der Waals surface area contributed by atoms with Gasteiger partial charge in [-0.15, -0.1) is 24.0 Å². The Bertz CT molecular complexity index is 427. The van der Waals surface area contributed by atoms with E-state index in [0.29, 0.717) is 17.5 Å². The highest BCUT2D eigenvalue weighted by molar-refractivity contribution is 14.0. The summed E-state index contributed by atoms with van der Waals surface area (Å²) in [6.07, 6.45) is 2.98. The molecular formula is C14H23ClIN3O. The highest BCUT2D eigenvalue weighted by atomic mass is 127. The van der Waals surface area contributed by atoms with Crippen molar-refractivity contribution >= 4 is 41.5 Å². The summed E-state index contributed by atoms with van der Waals surface area (Å²) in [5, 5.41) is 3.79. The monoisotopic (exact) mass is 411 g/mol. The standard InChI is InChI=1S/C14H22ClN3O.HI/c1-3-4-8-17-14(16)18-9-7-11-5-6-12(19-2)10-13(11)15;/h5-6,10H,3-4,7-9H2,1-2H3,(H3,16,17,18);1H. The maximum atomic E-state index is 6.16. The fraction of sp³-hybridized carbons (Fsp3) is 0.500. The molecule has 6 heteroatoms. The Kier molecular flexibility index (Phi) is 10.6. The molecule has 0 saturated carbocycles. The molecule has 4 nitrogen and oxygen atoms in total. The number of nitrogens with two attached hydrogens (primary N) is 1. The zero-order valence-corrected chi connectivity index (χ0v) is 15.1. The van der Waals surface area contributed by atoms with Crippen LogP contribution >= 0.6 is 35.6 Å². The Morgan fingerprint density at radius 3 is 2.80 bits per heavy atom. The molecule has 0 heterocycles. The number of ether oxygens (including phenoxy) is 1. The first-order valence-electron chi connectivity index (χ1n) is 6.53. The molecule has 0 amide bonds. The van der Waals surface area contributed by atoms with Gasteiger partial charge in [0, 0.05) is 18.1 Å². The topological polar surface area (TPSA) is 59.6 Å². The number of unbranched alkanes of at least 4 members (excludes halogenated alkanes) is 1. The number of hydrogen-bond acceptors (Lipinski definition) is 2. The summed E-state index contributed by atoms with van der Waals surface area (Å²) in [4.78, 5) is 4.23. The van der Waals surface area contributed by atoms with Crippen molar-refractivity contribution in [3.05, 3.63) is 28.8 Å². The van der Waals surface area contributed by atoms with E-state index in [1.165, 1.54) is 0 Å². The zero-order chi connectivity index (χ0) is 14.1. The fourth-order valence-corrected chi connectivity index (χ4v) is 1.86. The van der Waals surface area contributed by atoms with Gasteiger partial charge in [-0.1, -0.05) is 31.0 Å². The fourth-order valence-electron chi connectivity index (χ4n) is 1.60. The lowest BCUT2D eigenvalue weighted by Crippen LogP contribution is -2.33. The summed E-state index contributed by atoms with van der Waals surface area (Å²) >= 11 is 6.16. The van der Waals surface area contributed by atoms with Crippen LogP contribution in [0.5, 0.6) is 5.75 Å². The predicted molar refractivity (Wildman–Crippen MR) is 96.5 cm³/mol. The minimum absolute atomic E-state index is 0. The Balaban J connectivity index is 0.00000361. The Morgan fingerprint density at radius 1 is 1.45 bits per heavy atom. The smallest absolute Gasteiger partial charge is 0.188 e. The van der Waals surface area contributed by atoms with Crippen LogP contribution in [-0.4, -0.2) is 26.2 Å². The van der Waals surface area contributed by atoms with Gasteiger partial charge >= 0.3 is 0 Å². The maximum Gasteiger partial charge on any atom is 0.188 e. The Morgan fingerprint density at radius 2 is 2.20 bits per heavy atom. The van der Waals surface area contributed by atoms with Crippen LogP contribution in [0, 0.1) is 0 Å². The average molecular weight is 412 g/mol. The SMILES string of the molecule is CCCCN=C(N)NCCc1ccc(OC)cc1Cl.I. The normalized spacial score (nSPS) is 10.8. The van der Waals surface area contributed by atoms with Gasteiger partial charge in [0.05, 0.1) is 7.11 Å². The van der Waals surface area contributed by atoms with Crippen molar-refractivity contribution in [2.24, 2.45) is 10.7 Å². The molecule has 114 valence electrons. The Hall–Kier alpha value is -0.690. The van der Waals surface area contributed by atoms with E-state index in [1.807, 2.05) is 18.2 Å². The first kappa shape index (κ1) is 19.3. The van der Waals surface area contributed by atoms with Gasteiger partial charge in [0.15, 0.2) is 5.96 Å². The van der Waals surface area contributed by atoms with Gasteiger partial charge in [-0.3, -0.25) is 4.99 Å². The van der Waals surface area contributed by atoms with E-state index in [9.17, 15) is 0 Å². The lowest BCUT2D eigenvalue weighted by atomic mass is 10.1. The second-order valence-corrected chi connectivity index (χ2v) is 4.66. The summed E-state index contributed by atoms with van der Waals surface area (Å²) in [5.41, 5.74) is 6.81. The van der Waals surface area contributed by atoms with E-state index in [-0.39, 0.29) is 24.0 Å². The molecule has 1 rings (SSSR count). The van der Waals surface area contributed by atoms with Crippen LogP contribution in [-0.2, 0) is 6.42 Å². The summed E-state index contributed by atoms with van der Waals surface area (Å²) in [5.74, 6) is 1.26. The number of nitrogens with one attached hydrogen (secondary N) is 1. The molecular weight excluding hydrogens is 389 g/mol. The first-order valence-corrected chi connectivity index (χ1v) is 6.91. The van der Waals surface area contributed by atoms with E-state index in [1.54, 1.807) is 7.11 Å². The van der Waals surface area contributed by atoms with Gasteiger partial charge in [-0.25, -0.2) is 0 Å². The van der Waals surface area contributed by atoms with Crippen LogP contribution in [0.4, 0.5) is 0 Å². The van der Waals surface area contributed by atoms with Gasteiger partial charge in [0.25, 0.3) is 0 Å².